The van der Waals surface area contributed by atoms with Gasteiger partial charge < -0.3 is 10.4 Å². The zero-order valence-corrected chi connectivity index (χ0v) is 8.00. The van der Waals surface area contributed by atoms with Crippen LogP contribution in [0.5, 0.6) is 0 Å². The van der Waals surface area contributed by atoms with Gasteiger partial charge in [-0.25, -0.2) is 0 Å². The highest BCUT2D eigenvalue weighted by atomic mass is 35.5. The summed E-state index contributed by atoms with van der Waals surface area (Å²) in [5.41, 5.74) is 1.42. The Labute approximate surface area is 82.2 Å². The van der Waals surface area contributed by atoms with Crippen LogP contribution in [-0.2, 0) is 4.79 Å². The molecule has 1 saturated heterocycles. The molecule has 1 aliphatic rings. The van der Waals surface area contributed by atoms with Crippen LogP contribution in [0, 0.1) is 0 Å². The average molecular weight is 205 g/mol. The molecule has 0 radical (unpaired) electrons. The SMILES string of the molecule is O=C(O)C1CNCCN1CC=CCl. The van der Waals surface area contributed by atoms with E-state index in [1.165, 1.54) is 5.54 Å². The number of halogens is 1. The standard InChI is InChI=1S/C8H13ClN2O2/c9-2-1-4-11-5-3-10-6-7(11)8(12)13/h1-2,7,10H,3-6H2,(H,12,13). The van der Waals surface area contributed by atoms with E-state index >= 15 is 0 Å². The third-order valence-electron chi connectivity index (χ3n) is 2.07. The first-order chi connectivity index (χ1) is 6.25. The molecule has 0 aromatic rings. The second-order valence-electron chi connectivity index (χ2n) is 2.91. The van der Waals surface area contributed by atoms with Crippen LogP contribution in [0.4, 0.5) is 0 Å². The molecule has 0 saturated carbocycles. The van der Waals surface area contributed by atoms with Gasteiger partial charge in [-0.05, 0) is 0 Å². The van der Waals surface area contributed by atoms with E-state index in [2.05, 4.69) is 5.32 Å². The van der Waals surface area contributed by atoms with Crippen molar-refractivity contribution in [3.05, 3.63) is 11.6 Å². The number of hydrogen-bond acceptors (Lipinski definition) is 3. The Morgan fingerprint density at radius 1 is 1.77 bits per heavy atom. The fourth-order valence-corrected chi connectivity index (χ4v) is 1.46. The Balaban J connectivity index is 2.51. The van der Waals surface area contributed by atoms with Crippen LogP contribution < -0.4 is 5.32 Å². The van der Waals surface area contributed by atoms with E-state index in [1.54, 1.807) is 6.08 Å². The predicted molar refractivity (Wildman–Crippen MR) is 50.9 cm³/mol. The molecule has 1 rings (SSSR count). The molecule has 2 N–H and O–H groups in total. The number of carboxylic acids is 1. The third kappa shape index (κ3) is 2.99. The van der Waals surface area contributed by atoms with Gasteiger partial charge in [0, 0.05) is 31.7 Å². The van der Waals surface area contributed by atoms with E-state index in [0.717, 1.165) is 13.1 Å². The van der Waals surface area contributed by atoms with Crippen molar-refractivity contribution in [2.24, 2.45) is 0 Å². The minimum Gasteiger partial charge on any atom is -0.480 e. The largest absolute Gasteiger partial charge is 0.480 e. The highest BCUT2D eigenvalue weighted by Gasteiger charge is 2.26. The van der Waals surface area contributed by atoms with Gasteiger partial charge in [0.15, 0.2) is 0 Å². The molecule has 1 fully saturated rings. The molecule has 0 bridgehead atoms. The maximum atomic E-state index is 10.8. The number of hydrogen-bond donors (Lipinski definition) is 2. The summed E-state index contributed by atoms with van der Waals surface area (Å²) in [5.74, 6) is -0.782. The molecular weight excluding hydrogens is 192 g/mol. The predicted octanol–water partition coefficient (Wildman–Crippen LogP) is 0.0973. The number of piperazine rings is 1. The Bertz CT molecular complexity index is 208. The van der Waals surface area contributed by atoms with Gasteiger partial charge in [-0.3, -0.25) is 9.69 Å². The van der Waals surface area contributed by atoms with Crippen molar-refractivity contribution >= 4 is 17.6 Å². The summed E-state index contributed by atoms with van der Waals surface area (Å²) in [6.45, 7) is 2.69. The second kappa shape index (κ2) is 5.21. The molecule has 1 atom stereocenters. The molecular formula is C8H13ClN2O2. The third-order valence-corrected chi connectivity index (χ3v) is 2.25. The van der Waals surface area contributed by atoms with E-state index < -0.39 is 12.0 Å². The molecule has 1 heterocycles. The molecule has 0 amide bonds. The van der Waals surface area contributed by atoms with Gasteiger partial charge in [0.25, 0.3) is 0 Å². The maximum Gasteiger partial charge on any atom is 0.322 e. The van der Waals surface area contributed by atoms with Gasteiger partial charge in [0.05, 0.1) is 0 Å². The molecule has 0 aliphatic carbocycles. The van der Waals surface area contributed by atoms with Crippen molar-refractivity contribution in [3.8, 4) is 0 Å². The second-order valence-corrected chi connectivity index (χ2v) is 3.17. The molecule has 0 spiro atoms. The van der Waals surface area contributed by atoms with Gasteiger partial charge in [0.1, 0.15) is 6.04 Å². The van der Waals surface area contributed by atoms with Crippen molar-refractivity contribution in [2.45, 2.75) is 6.04 Å². The summed E-state index contributed by atoms with van der Waals surface area (Å²) in [7, 11) is 0. The lowest BCUT2D eigenvalue weighted by Crippen LogP contribution is -2.54. The number of nitrogens with zero attached hydrogens (tertiary/aromatic N) is 1. The Hall–Kier alpha value is -0.580. The van der Waals surface area contributed by atoms with Crippen molar-refractivity contribution in [1.29, 1.82) is 0 Å². The molecule has 1 aliphatic heterocycles. The van der Waals surface area contributed by atoms with Crippen LogP contribution >= 0.6 is 11.6 Å². The molecule has 1 unspecified atom stereocenters. The van der Waals surface area contributed by atoms with E-state index in [1.807, 2.05) is 4.90 Å². The van der Waals surface area contributed by atoms with Crippen LogP contribution in [0.2, 0.25) is 0 Å². The average Bonchev–Trinajstić information content (AvgIpc) is 2.15. The quantitative estimate of drug-likeness (QED) is 0.685. The summed E-state index contributed by atoms with van der Waals surface area (Å²) >= 11 is 5.38. The van der Waals surface area contributed by atoms with Crippen LogP contribution in [0.15, 0.2) is 11.6 Å². The topological polar surface area (TPSA) is 52.6 Å². The molecule has 5 heteroatoms. The fraction of sp³-hybridized carbons (Fsp3) is 0.625. The molecule has 13 heavy (non-hydrogen) atoms. The van der Waals surface area contributed by atoms with Crippen LogP contribution in [0.3, 0.4) is 0 Å². The monoisotopic (exact) mass is 204 g/mol. The van der Waals surface area contributed by atoms with Crippen LogP contribution in [0.25, 0.3) is 0 Å². The lowest BCUT2D eigenvalue weighted by atomic mass is 10.2. The molecule has 0 aromatic heterocycles. The zero-order chi connectivity index (χ0) is 9.68. The zero-order valence-electron chi connectivity index (χ0n) is 7.24. The van der Waals surface area contributed by atoms with Crippen molar-refractivity contribution in [3.63, 3.8) is 0 Å². The lowest BCUT2D eigenvalue weighted by molar-refractivity contribution is -0.143. The van der Waals surface area contributed by atoms with Gasteiger partial charge in [-0.2, -0.15) is 0 Å². The van der Waals surface area contributed by atoms with Gasteiger partial charge >= 0.3 is 5.97 Å². The lowest BCUT2D eigenvalue weighted by Gasteiger charge is -2.32. The van der Waals surface area contributed by atoms with Gasteiger partial charge in [0.2, 0.25) is 0 Å². The summed E-state index contributed by atoms with van der Waals surface area (Å²) < 4.78 is 0. The van der Waals surface area contributed by atoms with Crippen LogP contribution in [-0.4, -0.2) is 48.2 Å². The summed E-state index contributed by atoms with van der Waals surface area (Å²) in [5, 5.41) is 11.9. The maximum absolute atomic E-state index is 10.8. The molecule has 4 nitrogen and oxygen atoms in total. The normalized spacial score (nSPS) is 25.2. The van der Waals surface area contributed by atoms with E-state index in [0.29, 0.717) is 13.1 Å². The minimum absolute atomic E-state index is 0.429. The number of nitrogens with one attached hydrogen (secondary N) is 1. The summed E-state index contributed by atoms with van der Waals surface area (Å²) in [4.78, 5) is 12.7. The number of aliphatic carboxylic acids is 1. The summed E-state index contributed by atoms with van der Waals surface area (Å²) in [6, 6.07) is -0.429. The number of rotatable bonds is 3. The van der Waals surface area contributed by atoms with Crippen molar-refractivity contribution in [2.75, 3.05) is 26.2 Å². The Morgan fingerprint density at radius 2 is 2.54 bits per heavy atom. The Morgan fingerprint density at radius 3 is 3.15 bits per heavy atom. The van der Waals surface area contributed by atoms with Gasteiger partial charge in [-0.15, -0.1) is 0 Å². The number of carbonyl (C=O) groups is 1. The minimum atomic E-state index is -0.782. The first kappa shape index (κ1) is 10.5. The van der Waals surface area contributed by atoms with Crippen molar-refractivity contribution < 1.29 is 9.90 Å². The smallest absolute Gasteiger partial charge is 0.322 e. The summed E-state index contributed by atoms with van der Waals surface area (Å²) in [6.07, 6.45) is 1.75. The van der Waals surface area contributed by atoms with Crippen LogP contribution in [0.1, 0.15) is 0 Å². The fourth-order valence-electron chi connectivity index (χ4n) is 1.38. The first-order valence-electron chi connectivity index (χ1n) is 4.18. The Kier molecular flexibility index (Phi) is 4.21. The molecule has 74 valence electrons. The molecule has 0 aromatic carbocycles. The number of carboxylic acid groups (broad SMARTS) is 1. The highest BCUT2D eigenvalue weighted by Crippen LogP contribution is 2.03. The van der Waals surface area contributed by atoms with E-state index in [9.17, 15) is 4.79 Å². The van der Waals surface area contributed by atoms with E-state index in [4.69, 9.17) is 16.7 Å². The van der Waals surface area contributed by atoms with Crippen molar-refractivity contribution in [1.82, 2.24) is 10.2 Å². The first-order valence-corrected chi connectivity index (χ1v) is 4.62. The van der Waals surface area contributed by atoms with Gasteiger partial charge in [-0.1, -0.05) is 17.7 Å². The highest BCUT2D eigenvalue weighted by molar-refractivity contribution is 6.25. The van der Waals surface area contributed by atoms with E-state index in [-0.39, 0.29) is 0 Å².